The molecule has 8 heteroatoms. The van der Waals surface area contributed by atoms with Gasteiger partial charge in [0.2, 0.25) is 5.91 Å². The van der Waals surface area contributed by atoms with Crippen molar-refractivity contribution in [1.29, 1.82) is 0 Å². The summed E-state index contributed by atoms with van der Waals surface area (Å²) in [5.74, 6) is -0.682. The molecule has 4 rings (SSSR count). The molecule has 0 radical (unpaired) electrons. The quantitative estimate of drug-likeness (QED) is 0.525. The molecule has 1 aromatic carbocycles. The van der Waals surface area contributed by atoms with E-state index in [-0.39, 0.29) is 6.61 Å². The van der Waals surface area contributed by atoms with Crippen LogP contribution >= 0.6 is 11.3 Å². The van der Waals surface area contributed by atoms with Gasteiger partial charge in [-0.25, -0.2) is 4.98 Å². The Morgan fingerprint density at radius 2 is 1.93 bits per heavy atom. The molecule has 28 heavy (non-hydrogen) atoms. The van der Waals surface area contributed by atoms with E-state index in [0.29, 0.717) is 16.2 Å². The van der Waals surface area contributed by atoms with Crippen LogP contribution < -0.4 is 16.2 Å². The summed E-state index contributed by atoms with van der Waals surface area (Å²) in [6.07, 6.45) is 3.64. The van der Waals surface area contributed by atoms with Crippen molar-refractivity contribution < 1.29 is 14.3 Å². The summed E-state index contributed by atoms with van der Waals surface area (Å²) in [7, 11) is 0. The number of imidazole rings is 1. The van der Waals surface area contributed by atoms with E-state index in [1.165, 1.54) is 11.3 Å². The molecule has 0 bridgehead atoms. The zero-order chi connectivity index (χ0) is 19.7. The molecule has 2 amide bonds. The number of carbonyl (C=O) groups excluding carboxylic acids is 2. The number of hydrogen-bond acceptors (Lipinski definition) is 5. The Morgan fingerprint density at radius 1 is 1.07 bits per heavy atom. The van der Waals surface area contributed by atoms with E-state index in [9.17, 15) is 9.59 Å². The number of fused-ring (bicyclic) bond motifs is 1. The van der Waals surface area contributed by atoms with Gasteiger partial charge in [-0.15, -0.1) is 11.3 Å². The topological polar surface area (TPSA) is 113 Å². The number of benzene rings is 1. The normalized spacial score (nSPS) is 10.9. The van der Waals surface area contributed by atoms with E-state index < -0.39 is 11.8 Å². The molecule has 3 aromatic heterocycles. The van der Waals surface area contributed by atoms with Crippen molar-refractivity contribution in [3.63, 3.8) is 0 Å². The number of thiophene rings is 1. The maximum absolute atomic E-state index is 11.9. The number of nitrogens with zero attached hydrogens (tertiary/aromatic N) is 2. The Bertz CT molecular complexity index is 1200. The molecular weight excluding hydrogens is 376 g/mol. The monoisotopic (exact) mass is 392 g/mol. The van der Waals surface area contributed by atoms with Gasteiger partial charge in [-0.2, -0.15) is 0 Å². The molecule has 0 saturated heterocycles. The van der Waals surface area contributed by atoms with Gasteiger partial charge in [0.15, 0.2) is 0 Å². The number of aromatic nitrogens is 2. The highest BCUT2D eigenvalue weighted by atomic mass is 32.1. The molecule has 4 N–H and O–H groups in total. The number of nitrogens with two attached hydrogens (primary N) is 2. The average Bonchev–Trinajstić information content (AvgIpc) is 3.30. The molecule has 0 atom stereocenters. The van der Waals surface area contributed by atoms with Gasteiger partial charge < -0.3 is 16.2 Å². The van der Waals surface area contributed by atoms with Crippen LogP contribution in [0.5, 0.6) is 5.75 Å². The zero-order valence-electron chi connectivity index (χ0n) is 14.7. The van der Waals surface area contributed by atoms with Gasteiger partial charge in [0, 0.05) is 17.8 Å². The first-order valence-corrected chi connectivity index (χ1v) is 9.22. The van der Waals surface area contributed by atoms with E-state index in [1.807, 2.05) is 34.9 Å². The Labute approximate surface area is 164 Å². The van der Waals surface area contributed by atoms with E-state index in [4.69, 9.17) is 16.2 Å². The van der Waals surface area contributed by atoms with E-state index >= 15 is 0 Å². The second-order valence-corrected chi connectivity index (χ2v) is 7.15. The van der Waals surface area contributed by atoms with Gasteiger partial charge >= 0.3 is 0 Å². The third-order valence-electron chi connectivity index (χ3n) is 4.20. The molecule has 0 unspecified atom stereocenters. The second-order valence-electron chi connectivity index (χ2n) is 6.09. The highest BCUT2D eigenvalue weighted by Gasteiger charge is 2.18. The van der Waals surface area contributed by atoms with Crippen LogP contribution in [0.15, 0.2) is 60.9 Å². The molecule has 140 valence electrons. The minimum Gasteiger partial charge on any atom is -0.487 e. The first-order chi connectivity index (χ1) is 13.5. The lowest BCUT2D eigenvalue weighted by Crippen LogP contribution is -2.12. The fourth-order valence-corrected chi connectivity index (χ4v) is 3.83. The van der Waals surface area contributed by atoms with Crippen molar-refractivity contribution in [1.82, 2.24) is 9.38 Å². The molecular formula is C20H16N4O3S. The SMILES string of the molecule is NC(=O)c1cccc(COc2cc(-c3cnc4ccccn34)sc2C(N)=O)c1. The summed E-state index contributed by atoms with van der Waals surface area (Å²) in [6, 6.07) is 14.3. The molecule has 0 fully saturated rings. The van der Waals surface area contributed by atoms with Crippen molar-refractivity contribution in [2.24, 2.45) is 11.5 Å². The lowest BCUT2D eigenvalue weighted by atomic mass is 10.1. The van der Waals surface area contributed by atoms with Gasteiger partial charge in [-0.1, -0.05) is 18.2 Å². The highest BCUT2D eigenvalue weighted by Crippen LogP contribution is 2.36. The van der Waals surface area contributed by atoms with Gasteiger partial charge in [0.1, 0.15) is 22.9 Å². The molecule has 4 aromatic rings. The van der Waals surface area contributed by atoms with E-state index in [0.717, 1.165) is 21.8 Å². The van der Waals surface area contributed by atoms with Crippen molar-refractivity contribution in [2.75, 3.05) is 0 Å². The highest BCUT2D eigenvalue weighted by molar-refractivity contribution is 7.17. The Morgan fingerprint density at radius 3 is 2.71 bits per heavy atom. The number of amides is 2. The fourth-order valence-electron chi connectivity index (χ4n) is 2.87. The Hall–Kier alpha value is -3.65. The molecule has 0 aliphatic heterocycles. The van der Waals surface area contributed by atoms with Crippen LogP contribution in [0, 0.1) is 0 Å². The average molecular weight is 392 g/mol. The molecule has 0 spiro atoms. The fraction of sp³-hybridized carbons (Fsp3) is 0.0500. The molecule has 0 aliphatic rings. The van der Waals surface area contributed by atoms with Crippen LogP contribution in [0.4, 0.5) is 0 Å². The summed E-state index contributed by atoms with van der Waals surface area (Å²) >= 11 is 1.25. The van der Waals surface area contributed by atoms with Crippen LogP contribution in [0.2, 0.25) is 0 Å². The summed E-state index contributed by atoms with van der Waals surface area (Å²) in [5, 5.41) is 0. The van der Waals surface area contributed by atoms with Crippen molar-refractivity contribution >= 4 is 28.8 Å². The number of primary amides is 2. The predicted octanol–water partition coefficient (Wildman–Crippen LogP) is 2.84. The Balaban J connectivity index is 1.65. The minimum absolute atomic E-state index is 0.171. The number of hydrogen-bond donors (Lipinski definition) is 2. The largest absolute Gasteiger partial charge is 0.487 e. The van der Waals surface area contributed by atoms with Gasteiger partial charge in [0.05, 0.1) is 16.8 Å². The third kappa shape index (κ3) is 3.33. The maximum Gasteiger partial charge on any atom is 0.262 e. The standard InChI is InChI=1S/C20H16N4O3S/c21-19(25)13-5-3-4-12(8-13)11-27-15-9-16(28-18(15)20(22)26)14-10-23-17-6-1-2-7-24(14)17/h1-10H,11H2,(H2,21,25)(H2,22,26). The number of carbonyl (C=O) groups is 2. The van der Waals surface area contributed by atoms with Crippen LogP contribution in [0.25, 0.3) is 16.2 Å². The summed E-state index contributed by atoms with van der Waals surface area (Å²) in [4.78, 5) is 28.7. The van der Waals surface area contributed by atoms with Crippen molar-refractivity contribution in [2.45, 2.75) is 6.61 Å². The molecule has 3 heterocycles. The van der Waals surface area contributed by atoms with Crippen LogP contribution in [0.3, 0.4) is 0 Å². The van der Waals surface area contributed by atoms with E-state index in [1.54, 1.807) is 30.5 Å². The number of ether oxygens (including phenoxy) is 1. The van der Waals surface area contributed by atoms with E-state index in [2.05, 4.69) is 4.98 Å². The van der Waals surface area contributed by atoms with Crippen molar-refractivity contribution in [3.05, 3.63) is 76.9 Å². The summed E-state index contributed by atoms with van der Waals surface area (Å²) in [6.45, 7) is 0.171. The van der Waals surface area contributed by atoms with Crippen LogP contribution in [0.1, 0.15) is 25.6 Å². The molecule has 0 aliphatic carbocycles. The third-order valence-corrected chi connectivity index (χ3v) is 5.35. The lowest BCUT2D eigenvalue weighted by Gasteiger charge is -2.06. The maximum atomic E-state index is 11.9. The Kier molecular flexibility index (Phi) is 4.54. The van der Waals surface area contributed by atoms with Crippen LogP contribution in [-0.4, -0.2) is 21.2 Å². The second kappa shape index (κ2) is 7.16. The van der Waals surface area contributed by atoms with Crippen molar-refractivity contribution in [3.8, 4) is 16.3 Å². The number of pyridine rings is 1. The smallest absolute Gasteiger partial charge is 0.262 e. The summed E-state index contributed by atoms with van der Waals surface area (Å²) < 4.78 is 7.77. The molecule has 0 saturated carbocycles. The van der Waals surface area contributed by atoms with Gasteiger partial charge in [0.25, 0.3) is 5.91 Å². The number of rotatable bonds is 6. The predicted molar refractivity (Wildman–Crippen MR) is 106 cm³/mol. The first-order valence-electron chi connectivity index (χ1n) is 8.40. The minimum atomic E-state index is -0.564. The summed E-state index contributed by atoms with van der Waals surface area (Å²) in [5.41, 5.74) is 13.6. The first kappa shape index (κ1) is 17.7. The lowest BCUT2D eigenvalue weighted by molar-refractivity contribution is 0.0992. The zero-order valence-corrected chi connectivity index (χ0v) is 15.5. The van der Waals surface area contributed by atoms with Gasteiger partial charge in [-0.05, 0) is 29.8 Å². The van der Waals surface area contributed by atoms with Crippen LogP contribution in [-0.2, 0) is 6.61 Å². The molecule has 7 nitrogen and oxygen atoms in total. The van der Waals surface area contributed by atoms with Gasteiger partial charge in [-0.3, -0.25) is 14.0 Å².